The molecule has 0 N–H and O–H groups in total. The Balaban J connectivity index is 1.84. The molecule has 1 aromatic carbocycles. The van der Waals surface area contributed by atoms with Crippen molar-refractivity contribution in [1.29, 1.82) is 0 Å². The van der Waals surface area contributed by atoms with Crippen molar-refractivity contribution in [2.45, 2.75) is 43.7 Å². The Morgan fingerprint density at radius 2 is 1.88 bits per heavy atom. The van der Waals surface area contributed by atoms with Crippen LogP contribution in [-0.2, 0) is 16.1 Å². The van der Waals surface area contributed by atoms with Gasteiger partial charge in [-0.25, -0.2) is 0 Å². The molecular weight excluding hydrogens is 322 g/mol. The lowest BCUT2D eigenvalue weighted by Crippen LogP contribution is -2.18. The Bertz CT molecular complexity index is 761. The lowest BCUT2D eigenvalue weighted by molar-refractivity contribution is -0.149. The van der Waals surface area contributed by atoms with Crippen molar-refractivity contribution in [2.24, 2.45) is 0 Å². The van der Waals surface area contributed by atoms with Crippen molar-refractivity contribution in [3.63, 3.8) is 0 Å². The van der Waals surface area contributed by atoms with Gasteiger partial charge in [0.1, 0.15) is 0 Å². The molecule has 2 heterocycles. The van der Waals surface area contributed by atoms with Crippen LogP contribution in [-0.4, -0.2) is 28.7 Å². The first-order valence-corrected chi connectivity index (χ1v) is 9.32. The van der Waals surface area contributed by atoms with Gasteiger partial charge in [-0.1, -0.05) is 0 Å². The molecule has 0 amide bonds. The lowest BCUT2D eigenvalue weighted by atomic mass is 10.1. The summed E-state index contributed by atoms with van der Waals surface area (Å²) < 4.78 is 7.29. The predicted molar refractivity (Wildman–Crippen MR) is 94.7 cm³/mol. The van der Waals surface area contributed by atoms with E-state index in [-0.39, 0.29) is 23.8 Å². The van der Waals surface area contributed by atoms with Crippen LogP contribution >= 0.6 is 11.8 Å². The van der Waals surface area contributed by atoms with Gasteiger partial charge < -0.3 is 9.30 Å². The monoisotopic (exact) mass is 343 g/mol. The van der Waals surface area contributed by atoms with Crippen LogP contribution in [0.25, 0.3) is 0 Å². The number of ether oxygens (including phenoxy) is 1. The summed E-state index contributed by atoms with van der Waals surface area (Å²) in [6, 6.07) is 11.3. The zero-order chi connectivity index (χ0) is 17.3. The van der Waals surface area contributed by atoms with Gasteiger partial charge in [-0.2, -0.15) is 0 Å². The van der Waals surface area contributed by atoms with E-state index >= 15 is 0 Å². The number of esters is 1. The smallest absolute Gasteiger partial charge is 0.315 e. The lowest BCUT2D eigenvalue weighted by Gasteiger charge is -2.12. The Morgan fingerprint density at radius 1 is 1.17 bits per heavy atom. The summed E-state index contributed by atoms with van der Waals surface area (Å²) in [5, 5.41) is 0. The normalized spacial score (nSPS) is 16.2. The van der Waals surface area contributed by atoms with E-state index in [4.69, 9.17) is 4.74 Å². The van der Waals surface area contributed by atoms with Gasteiger partial charge in [0.2, 0.25) is 5.78 Å². The molecule has 0 bridgehead atoms. The fraction of sp³-hybridized carbons (Fsp3) is 0.368. The number of thioether (sulfide) groups is 1. The van der Waals surface area contributed by atoms with Crippen LogP contribution in [0.4, 0.5) is 0 Å². The highest BCUT2D eigenvalue weighted by Gasteiger charge is 2.33. The summed E-state index contributed by atoms with van der Waals surface area (Å²) >= 11 is 1.65. The highest BCUT2D eigenvalue weighted by atomic mass is 32.2. The predicted octanol–water partition coefficient (Wildman–Crippen LogP) is 3.88. The number of carbonyl (C=O) groups excluding carboxylic acids is 2. The molecular formula is C19H21NO3S. The molecule has 3 rings (SSSR count). The fourth-order valence-electron chi connectivity index (χ4n) is 3.08. The van der Waals surface area contributed by atoms with E-state index in [9.17, 15) is 9.59 Å². The van der Waals surface area contributed by atoms with Crippen LogP contribution in [0.2, 0.25) is 0 Å². The van der Waals surface area contributed by atoms with E-state index in [2.05, 4.69) is 0 Å². The minimum atomic E-state index is -0.271. The van der Waals surface area contributed by atoms with Gasteiger partial charge in [-0.05, 0) is 62.9 Å². The average molecular weight is 343 g/mol. The van der Waals surface area contributed by atoms with Crippen LogP contribution in [0.15, 0.2) is 41.3 Å². The average Bonchev–Trinajstić information content (AvgIpc) is 3.15. The maximum Gasteiger partial charge on any atom is 0.315 e. The van der Waals surface area contributed by atoms with Crippen molar-refractivity contribution in [3.8, 4) is 0 Å². The maximum atomic E-state index is 12.8. The summed E-state index contributed by atoms with van der Waals surface area (Å²) in [5.41, 5.74) is 2.19. The minimum Gasteiger partial charge on any atom is -0.462 e. The quantitative estimate of drug-likeness (QED) is 0.470. The van der Waals surface area contributed by atoms with Gasteiger partial charge in [-0.3, -0.25) is 9.59 Å². The van der Waals surface area contributed by atoms with Gasteiger partial charge in [-0.15, -0.1) is 11.8 Å². The molecule has 1 unspecified atom stereocenters. The Labute approximate surface area is 146 Å². The van der Waals surface area contributed by atoms with Gasteiger partial charge in [0.25, 0.3) is 0 Å². The standard InChI is InChI=1S/C19H21NO3S/c1-12(2)23-19(22)15-10-11-20-16(15)8-9-17(20)18(21)13-4-6-14(24-3)7-5-13/h4-9,12,15H,10-11H2,1-3H3. The number of carbonyl (C=O) groups is 2. The molecule has 1 aliphatic rings. The summed E-state index contributed by atoms with van der Waals surface area (Å²) in [5.74, 6) is -0.482. The molecule has 126 valence electrons. The number of nitrogens with zero attached hydrogens (tertiary/aromatic N) is 1. The maximum absolute atomic E-state index is 12.8. The second-order valence-corrected chi connectivity index (χ2v) is 7.06. The largest absolute Gasteiger partial charge is 0.462 e. The number of fused-ring (bicyclic) bond motifs is 1. The van der Waals surface area contributed by atoms with E-state index in [0.717, 1.165) is 10.6 Å². The molecule has 0 aliphatic carbocycles. The van der Waals surface area contributed by atoms with E-state index in [1.54, 1.807) is 11.8 Å². The van der Waals surface area contributed by atoms with Crippen LogP contribution in [0.1, 0.15) is 47.9 Å². The van der Waals surface area contributed by atoms with Crippen molar-refractivity contribution in [2.75, 3.05) is 6.26 Å². The summed E-state index contributed by atoms with van der Waals surface area (Å²) in [6.45, 7) is 4.36. The molecule has 0 saturated carbocycles. The topological polar surface area (TPSA) is 48.3 Å². The van der Waals surface area contributed by atoms with E-state index in [1.165, 1.54) is 0 Å². The van der Waals surface area contributed by atoms with E-state index in [1.807, 2.05) is 61.1 Å². The first-order valence-electron chi connectivity index (χ1n) is 8.10. The zero-order valence-corrected chi connectivity index (χ0v) is 14.9. The molecule has 1 atom stereocenters. The van der Waals surface area contributed by atoms with Crippen molar-refractivity contribution in [3.05, 3.63) is 53.3 Å². The van der Waals surface area contributed by atoms with Gasteiger partial charge in [0.15, 0.2) is 0 Å². The summed E-state index contributed by atoms with van der Waals surface area (Å²) in [4.78, 5) is 26.1. The molecule has 2 aromatic rings. The third-order valence-electron chi connectivity index (χ3n) is 4.23. The van der Waals surface area contributed by atoms with E-state index < -0.39 is 0 Å². The first-order chi connectivity index (χ1) is 11.5. The highest BCUT2D eigenvalue weighted by molar-refractivity contribution is 7.98. The number of ketones is 1. The highest BCUT2D eigenvalue weighted by Crippen LogP contribution is 2.32. The molecule has 4 nitrogen and oxygen atoms in total. The molecule has 0 spiro atoms. The first kappa shape index (κ1) is 16.8. The third-order valence-corrected chi connectivity index (χ3v) is 4.98. The number of rotatable bonds is 5. The second kappa shape index (κ2) is 6.85. The number of hydrogen-bond donors (Lipinski definition) is 0. The zero-order valence-electron chi connectivity index (χ0n) is 14.1. The van der Waals surface area contributed by atoms with Crippen LogP contribution in [0.3, 0.4) is 0 Å². The van der Waals surface area contributed by atoms with E-state index in [0.29, 0.717) is 24.2 Å². The SMILES string of the molecule is CSc1ccc(C(=O)c2ccc3n2CCC3C(=O)OC(C)C)cc1. The van der Waals surface area contributed by atoms with Gasteiger partial charge in [0.05, 0.1) is 17.7 Å². The Kier molecular flexibility index (Phi) is 4.81. The van der Waals surface area contributed by atoms with Crippen molar-refractivity contribution < 1.29 is 14.3 Å². The van der Waals surface area contributed by atoms with Crippen LogP contribution in [0.5, 0.6) is 0 Å². The van der Waals surface area contributed by atoms with Crippen molar-refractivity contribution >= 4 is 23.5 Å². The van der Waals surface area contributed by atoms with Crippen LogP contribution in [0, 0.1) is 0 Å². The Hall–Kier alpha value is -2.01. The molecule has 24 heavy (non-hydrogen) atoms. The molecule has 5 heteroatoms. The molecule has 0 fully saturated rings. The second-order valence-electron chi connectivity index (χ2n) is 6.18. The Morgan fingerprint density at radius 3 is 2.50 bits per heavy atom. The number of hydrogen-bond acceptors (Lipinski definition) is 4. The number of benzene rings is 1. The fourth-order valence-corrected chi connectivity index (χ4v) is 3.49. The van der Waals surface area contributed by atoms with Crippen molar-refractivity contribution in [1.82, 2.24) is 4.57 Å². The van der Waals surface area contributed by atoms with Crippen LogP contribution < -0.4 is 0 Å². The molecule has 1 aliphatic heterocycles. The summed E-state index contributed by atoms with van der Waals surface area (Å²) in [6.07, 6.45) is 2.57. The minimum absolute atomic E-state index is 0.00761. The molecule has 0 radical (unpaired) electrons. The third kappa shape index (κ3) is 3.13. The number of aromatic nitrogens is 1. The molecule has 0 saturated heterocycles. The van der Waals surface area contributed by atoms with Gasteiger partial charge in [0, 0.05) is 22.7 Å². The molecule has 1 aromatic heterocycles. The van der Waals surface area contributed by atoms with Gasteiger partial charge >= 0.3 is 5.97 Å². The summed E-state index contributed by atoms with van der Waals surface area (Å²) in [7, 11) is 0.